The monoisotopic (exact) mass is 366 g/mol. The summed E-state index contributed by atoms with van der Waals surface area (Å²) in [5, 5.41) is 17.1. The van der Waals surface area contributed by atoms with Crippen LogP contribution >= 0.6 is 0 Å². The molecule has 0 fully saturated rings. The summed E-state index contributed by atoms with van der Waals surface area (Å²) < 4.78 is 5.54. The number of nitrogens with zero attached hydrogens (tertiary/aromatic N) is 5. The van der Waals surface area contributed by atoms with Crippen LogP contribution in [-0.4, -0.2) is 49.1 Å². The van der Waals surface area contributed by atoms with Crippen molar-refractivity contribution < 1.29 is 14.3 Å². The Kier molecular flexibility index (Phi) is 5.58. The van der Waals surface area contributed by atoms with E-state index in [2.05, 4.69) is 15.4 Å². The largest absolute Gasteiger partial charge is 0.493 e. The molecule has 9 heteroatoms. The minimum absolute atomic E-state index is 0.113. The normalized spacial score (nSPS) is 15.7. The van der Waals surface area contributed by atoms with Gasteiger partial charge in [0.1, 0.15) is 18.0 Å². The fraction of sp³-hybridized carbons (Fsp3) is 0.278. The summed E-state index contributed by atoms with van der Waals surface area (Å²) in [4.78, 5) is 29.7. The Morgan fingerprint density at radius 3 is 3.11 bits per heavy atom. The quantitative estimate of drug-likeness (QED) is 0.563. The molecular formula is C18H18N6O3+. The number of hydrogen-bond donors (Lipinski definition) is 1. The molecule has 0 aromatic heterocycles. The molecule has 1 radical (unpaired) electrons. The summed E-state index contributed by atoms with van der Waals surface area (Å²) in [7, 11) is 0. The van der Waals surface area contributed by atoms with Crippen LogP contribution in [-0.2, 0) is 9.59 Å². The molecule has 0 bridgehead atoms. The first-order valence-electron chi connectivity index (χ1n) is 8.37. The van der Waals surface area contributed by atoms with Crippen molar-refractivity contribution in [3.05, 3.63) is 41.2 Å². The number of amides is 2. The molecule has 0 saturated heterocycles. The highest BCUT2D eigenvalue weighted by Crippen LogP contribution is 2.19. The molecule has 2 aliphatic heterocycles. The molecular weight excluding hydrogens is 348 g/mol. The number of carbonyl (C=O) groups excluding carboxylic acids is 2. The molecule has 3 rings (SSSR count). The Morgan fingerprint density at radius 1 is 1.44 bits per heavy atom. The van der Waals surface area contributed by atoms with Crippen LogP contribution in [0, 0.1) is 11.3 Å². The summed E-state index contributed by atoms with van der Waals surface area (Å²) in [5.41, 5.74) is 1.46. The third-order valence-corrected chi connectivity index (χ3v) is 3.90. The average molecular weight is 366 g/mol. The van der Waals surface area contributed by atoms with Gasteiger partial charge < -0.3 is 10.1 Å². The van der Waals surface area contributed by atoms with E-state index in [9.17, 15) is 9.59 Å². The van der Waals surface area contributed by atoms with Crippen LogP contribution in [0.4, 0.5) is 0 Å². The second kappa shape index (κ2) is 8.25. The summed E-state index contributed by atoms with van der Waals surface area (Å²) >= 11 is 0. The topological polar surface area (TPSA) is 113 Å². The van der Waals surface area contributed by atoms with Crippen molar-refractivity contribution in [2.45, 2.75) is 13.3 Å². The van der Waals surface area contributed by atoms with Gasteiger partial charge in [0.25, 0.3) is 6.34 Å². The molecule has 1 aromatic carbocycles. The van der Waals surface area contributed by atoms with Crippen molar-refractivity contribution in [3.8, 4) is 11.8 Å². The maximum atomic E-state index is 12.4. The molecule has 0 unspecified atom stereocenters. The molecule has 2 amide bonds. The lowest BCUT2D eigenvalue weighted by Crippen LogP contribution is -2.46. The molecule has 0 atom stereocenters. The Morgan fingerprint density at radius 2 is 2.30 bits per heavy atom. The summed E-state index contributed by atoms with van der Waals surface area (Å²) in [6, 6.07) is 8.93. The maximum Gasteiger partial charge on any atom is 0.324 e. The number of hydrazone groups is 1. The number of fused-ring (bicyclic) bond motifs is 1. The third kappa shape index (κ3) is 4.37. The number of hydrogen-bond acceptors (Lipinski definition) is 7. The predicted molar refractivity (Wildman–Crippen MR) is 97.8 cm³/mol. The molecule has 1 N–H and O–H groups in total. The first-order chi connectivity index (χ1) is 13.1. The molecule has 27 heavy (non-hydrogen) atoms. The van der Waals surface area contributed by atoms with E-state index in [1.807, 2.05) is 6.07 Å². The number of rotatable bonds is 7. The first-order valence-corrected chi connectivity index (χ1v) is 8.37. The zero-order valence-corrected chi connectivity index (χ0v) is 14.8. The molecule has 0 aliphatic carbocycles. The molecule has 0 saturated carbocycles. The number of benzene rings is 1. The first kappa shape index (κ1) is 18.3. The number of ether oxygens (including phenoxy) is 1. The van der Waals surface area contributed by atoms with Crippen molar-refractivity contribution in [2.75, 3.05) is 19.7 Å². The lowest BCUT2D eigenvalue weighted by atomic mass is 10.2. The van der Waals surface area contributed by atoms with Crippen molar-refractivity contribution in [3.63, 3.8) is 0 Å². The van der Waals surface area contributed by atoms with Crippen LogP contribution in [0.2, 0.25) is 0 Å². The zero-order chi connectivity index (χ0) is 19.2. The Balaban J connectivity index is 1.39. The molecule has 2 aliphatic rings. The van der Waals surface area contributed by atoms with Gasteiger partial charge in [0.15, 0.2) is 6.34 Å². The van der Waals surface area contributed by atoms with Crippen LogP contribution in [0.5, 0.6) is 5.75 Å². The average Bonchev–Trinajstić information content (AvgIpc) is 3.05. The van der Waals surface area contributed by atoms with E-state index >= 15 is 0 Å². The summed E-state index contributed by atoms with van der Waals surface area (Å²) in [6.07, 6.45) is 3.38. The van der Waals surface area contributed by atoms with Gasteiger partial charge in [0, 0.05) is 6.54 Å². The highest BCUT2D eigenvalue weighted by Gasteiger charge is 2.42. The zero-order valence-electron chi connectivity index (χ0n) is 14.8. The number of carbonyl (C=O) groups is 2. The van der Waals surface area contributed by atoms with Gasteiger partial charge >= 0.3 is 11.6 Å². The van der Waals surface area contributed by atoms with E-state index in [0.29, 0.717) is 42.3 Å². The van der Waals surface area contributed by atoms with E-state index in [-0.39, 0.29) is 18.4 Å². The second-order valence-corrected chi connectivity index (χ2v) is 5.88. The van der Waals surface area contributed by atoms with Crippen LogP contribution in [0.3, 0.4) is 0 Å². The van der Waals surface area contributed by atoms with Crippen LogP contribution in [0.15, 0.2) is 45.8 Å². The highest BCUT2D eigenvalue weighted by molar-refractivity contribution is 6.07. The van der Waals surface area contributed by atoms with Crippen molar-refractivity contribution in [2.24, 2.45) is 10.1 Å². The van der Waals surface area contributed by atoms with Gasteiger partial charge in [-0.05, 0) is 36.6 Å². The van der Waals surface area contributed by atoms with Gasteiger partial charge in [0.2, 0.25) is 5.91 Å². The van der Waals surface area contributed by atoms with Gasteiger partial charge in [-0.1, -0.05) is 6.07 Å². The van der Waals surface area contributed by atoms with Crippen LogP contribution in [0.1, 0.15) is 18.9 Å². The van der Waals surface area contributed by atoms with E-state index in [1.54, 1.807) is 31.2 Å². The Bertz CT molecular complexity index is 883. The lowest BCUT2D eigenvalue weighted by Gasteiger charge is -2.18. The summed E-state index contributed by atoms with van der Waals surface area (Å²) in [6.45, 7) is 2.41. The standard InChI is InChI=1S/C18H18N6O3/c1-13-17-18(26)23(12-22-24(17)11-21-13)10-16(25)20-6-3-7-27-15-5-2-4-14(8-15)9-19/h2,4-5,8,11-12H,3,6-7,10H2,1H3,(H,20,25)/q+1. The Hall–Kier alpha value is -3.51. The number of nitriles is 1. The van der Waals surface area contributed by atoms with Crippen LogP contribution in [0.25, 0.3) is 0 Å². The SMILES string of the molecule is CC1=C2C(=O)N(CC(=O)NCCCOc3cccc(C#N)c3)C=N[N+]2C=N1. The Labute approximate surface area is 156 Å². The second-order valence-electron chi connectivity index (χ2n) is 5.88. The minimum Gasteiger partial charge on any atom is -0.493 e. The van der Waals surface area contributed by atoms with Gasteiger partial charge in [0.05, 0.1) is 23.2 Å². The molecule has 0 spiro atoms. The predicted octanol–water partition coefficient (Wildman–Crippen LogP) is 0.642. The minimum atomic E-state index is -0.309. The van der Waals surface area contributed by atoms with Gasteiger partial charge in [-0.15, -0.1) is 0 Å². The highest BCUT2D eigenvalue weighted by atomic mass is 16.5. The summed E-state index contributed by atoms with van der Waals surface area (Å²) in [5.74, 6) is 0.0187. The van der Waals surface area contributed by atoms with E-state index in [1.165, 1.54) is 22.6 Å². The fourth-order valence-electron chi connectivity index (χ4n) is 2.54. The van der Waals surface area contributed by atoms with E-state index in [4.69, 9.17) is 10.00 Å². The molecule has 1 aromatic rings. The van der Waals surface area contributed by atoms with Gasteiger partial charge in [-0.25, -0.2) is 0 Å². The number of nitrogens with one attached hydrogen (secondary N) is 1. The van der Waals surface area contributed by atoms with E-state index < -0.39 is 0 Å². The van der Waals surface area contributed by atoms with Crippen molar-refractivity contribution in [1.82, 2.24) is 15.2 Å². The smallest absolute Gasteiger partial charge is 0.324 e. The van der Waals surface area contributed by atoms with Gasteiger partial charge in [-0.3, -0.25) is 14.5 Å². The third-order valence-electron chi connectivity index (χ3n) is 3.90. The lowest BCUT2D eigenvalue weighted by molar-refractivity contribution is -0.130. The van der Waals surface area contributed by atoms with Crippen LogP contribution < -0.4 is 15.1 Å². The van der Waals surface area contributed by atoms with Crippen molar-refractivity contribution >= 4 is 24.5 Å². The molecule has 137 valence electrons. The maximum absolute atomic E-state index is 12.4. The molecule has 2 heterocycles. The number of allylic oxidation sites excluding steroid dienone is 1. The molecule has 9 nitrogen and oxygen atoms in total. The number of aliphatic imine (C=N–C) groups is 1. The fourth-order valence-corrected chi connectivity index (χ4v) is 2.54. The van der Waals surface area contributed by atoms with Crippen molar-refractivity contribution in [1.29, 1.82) is 5.26 Å². The van der Waals surface area contributed by atoms with Gasteiger partial charge in [-0.2, -0.15) is 10.3 Å². The van der Waals surface area contributed by atoms with E-state index in [0.717, 1.165) is 0 Å².